The Kier molecular flexibility index (Phi) is 4.88. The number of rotatable bonds is 3. The summed E-state index contributed by atoms with van der Waals surface area (Å²) >= 11 is 11.4. The van der Waals surface area contributed by atoms with Crippen LogP contribution in [0.4, 0.5) is 14.9 Å². The summed E-state index contributed by atoms with van der Waals surface area (Å²) in [5.74, 6) is -1.17. The Morgan fingerprint density at radius 2 is 1.86 bits per heavy atom. The van der Waals surface area contributed by atoms with Gasteiger partial charge in [-0.05, 0) is 23.8 Å². The van der Waals surface area contributed by atoms with Gasteiger partial charge in [0.1, 0.15) is 5.75 Å². The van der Waals surface area contributed by atoms with E-state index < -0.39 is 11.8 Å². The summed E-state index contributed by atoms with van der Waals surface area (Å²) in [6, 6.07) is 8.31. The van der Waals surface area contributed by atoms with E-state index in [4.69, 9.17) is 23.2 Å². The first-order valence-electron chi connectivity index (χ1n) is 5.93. The zero-order valence-electron chi connectivity index (χ0n) is 10.7. The molecule has 0 radical (unpaired) electrons. The third-order valence-electron chi connectivity index (χ3n) is 2.65. The van der Waals surface area contributed by atoms with E-state index in [0.717, 1.165) is 17.7 Å². The van der Waals surface area contributed by atoms with Crippen LogP contribution < -0.4 is 10.6 Å². The molecule has 0 spiro atoms. The summed E-state index contributed by atoms with van der Waals surface area (Å²) in [4.78, 5) is 11.7. The lowest BCUT2D eigenvalue weighted by Gasteiger charge is -2.09. The Hall–Kier alpha value is -1.98. The van der Waals surface area contributed by atoms with Crippen molar-refractivity contribution in [2.24, 2.45) is 0 Å². The highest BCUT2D eigenvalue weighted by Gasteiger charge is 2.10. The molecule has 110 valence electrons. The Labute approximate surface area is 130 Å². The highest BCUT2D eigenvalue weighted by Crippen LogP contribution is 2.29. The number of carbonyl (C=O) groups is 1. The monoisotopic (exact) mass is 328 g/mol. The number of hydrogen-bond donors (Lipinski definition) is 3. The minimum atomic E-state index is -0.779. The molecule has 0 atom stereocenters. The molecule has 7 heteroatoms. The predicted molar refractivity (Wildman–Crippen MR) is 80.4 cm³/mol. The van der Waals surface area contributed by atoms with Crippen molar-refractivity contribution < 1.29 is 14.3 Å². The Balaban J connectivity index is 1.96. The first-order chi connectivity index (χ1) is 9.95. The Morgan fingerprint density at radius 3 is 2.52 bits per heavy atom. The molecular formula is C14H11Cl2FN2O2. The van der Waals surface area contributed by atoms with Crippen molar-refractivity contribution in [3.63, 3.8) is 0 Å². The van der Waals surface area contributed by atoms with Gasteiger partial charge in [0.05, 0.1) is 10.7 Å². The van der Waals surface area contributed by atoms with Crippen LogP contribution in [0.5, 0.6) is 5.75 Å². The summed E-state index contributed by atoms with van der Waals surface area (Å²) < 4.78 is 13.5. The lowest BCUT2D eigenvalue weighted by atomic mass is 10.2. The minimum absolute atomic E-state index is 0.0515. The van der Waals surface area contributed by atoms with Gasteiger partial charge in [0.25, 0.3) is 0 Å². The van der Waals surface area contributed by atoms with E-state index in [9.17, 15) is 14.3 Å². The molecule has 0 heterocycles. The normalized spacial score (nSPS) is 10.2. The molecule has 3 N–H and O–H groups in total. The molecule has 0 aliphatic rings. The lowest BCUT2D eigenvalue weighted by Crippen LogP contribution is -2.28. The largest absolute Gasteiger partial charge is 0.506 e. The fraction of sp³-hybridized carbons (Fsp3) is 0.0714. The summed E-state index contributed by atoms with van der Waals surface area (Å²) in [7, 11) is 0. The van der Waals surface area contributed by atoms with Crippen LogP contribution in [0.25, 0.3) is 0 Å². The third kappa shape index (κ3) is 4.24. The number of hydrogen-bond acceptors (Lipinski definition) is 2. The predicted octanol–water partition coefficient (Wildman–Crippen LogP) is 4.16. The van der Waals surface area contributed by atoms with Crippen LogP contribution in [0, 0.1) is 5.82 Å². The van der Waals surface area contributed by atoms with Gasteiger partial charge in [0, 0.05) is 17.6 Å². The van der Waals surface area contributed by atoms with Gasteiger partial charge in [-0.1, -0.05) is 35.3 Å². The zero-order chi connectivity index (χ0) is 15.4. The molecule has 0 saturated carbocycles. The molecule has 0 saturated heterocycles. The molecular weight excluding hydrogens is 318 g/mol. The van der Waals surface area contributed by atoms with Crippen molar-refractivity contribution in [2.75, 3.05) is 5.32 Å². The van der Waals surface area contributed by atoms with E-state index in [1.165, 1.54) is 0 Å². The van der Waals surface area contributed by atoms with Gasteiger partial charge in [-0.2, -0.15) is 0 Å². The van der Waals surface area contributed by atoms with Crippen molar-refractivity contribution in [1.29, 1.82) is 0 Å². The topological polar surface area (TPSA) is 61.4 Å². The van der Waals surface area contributed by atoms with Crippen LogP contribution in [-0.2, 0) is 6.54 Å². The zero-order valence-corrected chi connectivity index (χ0v) is 12.2. The molecule has 2 amide bonds. The van der Waals surface area contributed by atoms with E-state index in [1.807, 2.05) is 0 Å². The first kappa shape index (κ1) is 15.4. The first-order valence-corrected chi connectivity index (χ1v) is 6.68. The average molecular weight is 329 g/mol. The van der Waals surface area contributed by atoms with E-state index in [2.05, 4.69) is 10.6 Å². The van der Waals surface area contributed by atoms with Gasteiger partial charge in [0.15, 0.2) is 5.82 Å². The van der Waals surface area contributed by atoms with Crippen molar-refractivity contribution in [3.8, 4) is 5.75 Å². The van der Waals surface area contributed by atoms with Crippen LogP contribution in [0.1, 0.15) is 5.56 Å². The number of carbonyl (C=O) groups excluding carboxylic acids is 1. The van der Waals surface area contributed by atoms with Gasteiger partial charge in [-0.3, -0.25) is 0 Å². The fourth-order valence-corrected chi connectivity index (χ4v) is 1.87. The second-order valence-electron chi connectivity index (χ2n) is 4.22. The van der Waals surface area contributed by atoms with Gasteiger partial charge >= 0.3 is 6.03 Å². The Bertz CT molecular complexity index is 663. The number of phenols is 1. The molecule has 4 nitrogen and oxygen atoms in total. The van der Waals surface area contributed by atoms with Gasteiger partial charge in [-0.15, -0.1) is 0 Å². The summed E-state index contributed by atoms with van der Waals surface area (Å²) in [5.41, 5.74) is 0.727. The fourth-order valence-electron chi connectivity index (χ4n) is 1.58. The highest BCUT2D eigenvalue weighted by molar-refractivity contribution is 6.32. The highest BCUT2D eigenvalue weighted by atomic mass is 35.5. The summed E-state index contributed by atoms with van der Waals surface area (Å²) in [5, 5.41) is 14.6. The maximum absolute atomic E-state index is 13.5. The molecule has 0 bridgehead atoms. The maximum atomic E-state index is 13.5. The number of nitrogens with one attached hydrogen (secondary N) is 2. The smallest absolute Gasteiger partial charge is 0.319 e. The van der Waals surface area contributed by atoms with E-state index >= 15 is 0 Å². The average Bonchev–Trinajstić information content (AvgIpc) is 2.44. The minimum Gasteiger partial charge on any atom is -0.506 e. The molecule has 0 fully saturated rings. The molecule has 2 aromatic carbocycles. The molecule has 0 unspecified atom stereocenters. The van der Waals surface area contributed by atoms with Crippen LogP contribution in [0.15, 0.2) is 36.4 Å². The van der Waals surface area contributed by atoms with Gasteiger partial charge in [-0.25, -0.2) is 9.18 Å². The number of benzene rings is 2. The number of phenolic OH excluding ortho intramolecular Hbond substituents is 1. The van der Waals surface area contributed by atoms with E-state index in [0.29, 0.717) is 5.02 Å². The van der Waals surface area contributed by atoms with E-state index in [-0.39, 0.29) is 23.0 Å². The standard InChI is InChI=1S/C14H11Cl2FN2O2/c15-9-3-1-8(2-4-9)7-18-14(21)19-12-5-10(16)13(20)6-11(12)17/h1-6,20H,7H2,(H2,18,19,21). The van der Waals surface area contributed by atoms with Crippen molar-refractivity contribution in [2.45, 2.75) is 6.54 Å². The van der Waals surface area contributed by atoms with Crippen LogP contribution >= 0.6 is 23.2 Å². The summed E-state index contributed by atoms with van der Waals surface area (Å²) in [6.07, 6.45) is 0. The maximum Gasteiger partial charge on any atom is 0.319 e. The SMILES string of the molecule is O=C(NCc1ccc(Cl)cc1)Nc1cc(Cl)c(O)cc1F. The van der Waals surface area contributed by atoms with Crippen LogP contribution in [0.2, 0.25) is 10.0 Å². The summed E-state index contributed by atoms with van der Waals surface area (Å²) in [6.45, 7) is 0.260. The van der Waals surface area contributed by atoms with Crippen LogP contribution in [0.3, 0.4) is 0 Å². The number of amides is 2. The van der Waals surface area contributed by atoms with Crippen molar-refractivity contribution in [1.82, 2.24) is 5.32 Å². The quantitative estimate of drug-likeness (QED) is 0.741. The number of aromatic hydroxyl groups is 1. The van der Waals surface area contributed by atoms with Crippen LogP contribution in [-0.4, -0.2) is 11.1 Å². The van der Waals surface area contributed by atoms with Gasteiger partial charge < -0.3 is 15.7 Å². The third-order valence-corrected chi connectivity index (χ3v) is 3.21. The molecule has 0 aliphatic carbocycles. The molecule has 0 aliphatic heterocycles. The van der Waals surface area contributed by atoms with Gasteiger partial charge in [0.2, 0.25) is 0 Å². The molecule has 2 rings (SSSR count). The second-order valence-corrected chi connectivity index (χ2v) is 5.06. The Morgan fingerprint density at radius 1 is 1.19 bits per heavy atom. The number of anilines is 1. The number of halogens is 3. The molecule has 2 aromatic rings. The van der Waals surface area contributed by atoms with Crippen molar-refractivity contribution in [3.05, 3.63) is 57.8 Å². The van der Waals surface area contributed by atoms with E-state index in [1.54, 1.807) is 24.3 Å². The second kappa shape index (κ2) is 6.65. The van der Waals surface area contributed by atoms with Crippen molar-refractivity contribution >= 4 is 34.9 Å². The number of urea groups is 1. The molecule has 21 heavy (non-hydrogen) atoms. The molecule has 0 aromatic heterocycles. The lowest BCUT2D eigenvalue weighted by molar-refractivity contribution is 0.251.